The van der Waals surface area contributed by atoms with Crippen molar-refractivity contribution >= 4 is 5.97 Å². The quantitative estimate of drug-likeness (QED) is 0.762. The maximum absolute atomic E-state index is 12.8. The van der Waals surface area contributed by atoms with Crippen molar-refractivity contribution in [1.82, 2.24) is 4.98 Å². The Balaban J connectivity index is 3.09. The molecule has 100 valence electrons. The van der Waals surface area contributed by atoms with Crippen molar-refractivity contribution in [3.05, 3.63) is 22.9 Å². The zero-order chi connectivity index (χ0) is 13.7. The van der Waals surface area contributed by atoms with Gasteiger partial charge < -0.3 is 9.47 Å². The normalized spacial score (nSPS) is 10.6. The van der Waals surface area contributed by atoms with Crippen LogP contribution in [0.5, 0.6) is 5.88 Å². The lowest BCUT2D eigenvalue weighted by atomic mass is 10.1. The first-order chi connectivity index (χ1) is 8.49. The van der Waals surface area contributed by atoms with Gasteiger partial charge in [-0.3, -0.25) is 4.79 Å². The van der Waals surface area contributed by atoms with Crippen LogP contribution in [0.15, 0.2) is 6.07 Å². The van der Waals surface area contributed by atoms with Crippen LogP contribution in [0.4, 0.5) is 8.78 Å². The van der Waals surface area contributed by atoms with Crippen LogP contribution in [0.3, 0.4) is 0 Å². The molecule has 0 radical (unpaired) electrons. The molecule has 1 rings (SSSR count). The molecule has 1 aromatic rings. The molecule has 0 aliphatic rings. The van der Waals surface area contributed by atoms with Crippen molar-refractivity contribution in [2.24, 2.45) is 0 Å². The number of halogens is 2. The van der Waals surface area contributed by atoms with Crippen molar-refractivity contribution < 1.29 is 23.0 Å². The third kappa shape index (κ3) is 3.38. The van der Waals surface area contributed by atoms with Crippen molar-refractivity contribution in [2.75, 3.05) is 13.7 Å². The average molecular weight is 259 g/mol. The average Bonchev–Trinajstić information content (AvgIpc) is 2.29. The predicted octanol–water partition coefficient (Wildman–Crippen LogP) is 2.44. The number of pyridine rings is 1. The molecule has 0 fully saturated rings. The van der Waals surface area contributed by atoms with Gasteiger partial charge in [0.15, 0.2) is 0 Å². The number of nitrogens with zero attached hydrogens (tertiary/aromatic N) is 1. The molecule has 0 atom stereocenters. The van der Waals surface area contributed by atoms with Crippen LogP contribution in [0.25, 0.3) is 0 Å². The Morgan fingerprint density at radius 1 is 1.50 bits per heavy atom. The fourth-order valence-electron chi connectivity index (χ4n) is 1.57. The number of hydrogen-bond acceptors (Lipinski definition) is 4. The maximum atomic E-state index is 12.8. The van der Waals surface area contributed by atoms with Gasteiger partial charge in [0.05, 0.1) is 20.1 Å². The Kier molecular flexibility index (Phi) is 5.00. The Hall–Kier alpha value is -1.72. The zero-order valence-electron chi connectivity index (χ0n) is 10.5. The van der Waals surface area contributed by atoms with Crippen molar-refractivity contribution in [1.29, 1.82) is 0 Å². The summed E-state index contributed by atoms with van der Waals surface area (Å²) in [6, 6.07) is 1.48. The second kappa shape index (κ2) is 6.28. The van der Waals surface area contributed by atoms with Crippen LogP contribution in [0.1, 0.15) is 30.2 Å². The van der Waals surface area contributed by atoms with Gasteiger partial charge in [0.2, 0.25) is 5.88 Å². The molecule has 0 N–H and O–H groups in total. The number of esters is 1. The molecule has 4 nitrogen and oxygen atoms in total. The second-order valence-corrected chi connectivity index (χ2v) is 3.64. The van der Waals surface area contributed by atoms with Crippen LogP contribution >= 0.6 is 0 Å². The highest BCUT2D eigenvalue weighted by atomic mass is 19.3. The van der Waals surface area contributed by atoms with E-state index < -0.39 is 18.1 Å². The van der Waals surface area contributed by atoms with E-state index in [2.05, 4.69) is 4.98 Å². The number of carbonyl (C=O) groups excluding carboxylic acids is 1. The summed E-state index contributed by atoms with van der Waals surface area (Å²) >= 11 is 0. The highest BCUT2D eigenvalue weighted by molar-refractivity contribution is 5.73. The number of hydrogen-bond donors (Lipinski definition) is 0. The Morgan fingerprint density at radius 2 is 2.17 bits per heavy atom. The third-order valence-electron chi connectivity index (χ3n) is 2.32. The molecule has 0 saturated heterocycles. The molecule has 18 heavy (non-hydrogen) atoms. The van der Waals surface area contributed by atoms with Crippen LogP contribution in [0, 0.1) is 6.92 Å². The molecule has 0 saturated carbocycles. The summed E-state index contributed by atoms with van der Waals surface area (Å²) in [5, 5.41) is 0. The summed E-state index contributed by atoms with van der Waals surface area (Å²) in [4.78, 5) is 15.1. The number of ether oxygens (including phenoxy) is 2. The minimum atomic E-state index is -2.76. The standard InChI is InChI=1S/C12H15F2NO3/c1-4-18-9(16)6-8-5-7(2)12(17-3)15-10(8)11(13)14/h5,11H,4,6H2,1-3H3. The molecule has 0 amide bonds. The molecule has 0 aliphatic heterocycles. The Labute approximate surface area is 104 Å². The summed E-state index contributed by atoms with van der Waals surface area (Å²) < 4.78 is 35.3. The fraction of sp³-hybridized carbons (Fsp3) is 0.500. The van der Waals surface area contributed by atoms with Gasteiger partial charge in [0, 0.05) is 5.56 Å². The number of methoxy groups -OCH3 is 1. The van der Waals surface area contributed by atoms with E-state index in [0.29, 0.717) is 5.56 Å². The van der Waals surface area contributed by atoms with Crippen molar-refractivity contribution in [3.63, 3.8) is 0 Å². The van der Waals surface area contributed by atoms with Crippen molar-refractivity contribution in [2.45, 2.75) is 26.7 Å². The maximum Gasteiger partial charge on any atom is 0.310 e. The summed E-state index contributed by atoms with van der Waals surface area (Å²) in [7, 11) is 1.36. The summed E-state index contributed by atoms with van der Waals surface area (Å²) in [5.74, 6) is -0.413. The van der Waals surface area contributed by atoms with Gasteiger partial charge in [-0.1, -0.05) is 0 Å². The van der Waals surface area contributed by atoms with Crippen LogP contribution < -0.4 is 4.74 Å². The molecular formula is C12H15F2NO3. The minimum Gasteiger partial charge on any atom is -0.481 e. The van der Waals surface area contributed by atoms with Gasteiger partial charge in [-0.05, 0) is 25.5 Å². The second-order valence-electron chi connectivity index (χ2n) is 3.64. The summed E-state index contributed by atoms with van der Waals surface area (Å²) in [5.41, 5.74) is 0.327. The fourth-order valence-corrected chi connectivity index (χ4v) is 1.57. The number of aryl methyl sites for hydroxylation is 1. The topological polar surface area (TPSA) is 48.4 Å². The largest absolute Gasteiger partial charge is 0.481 e. The molecule has 6 heteroatoms. The molecule has 0 unspecified atom stereocenters. The highest BCUT2D eigenvalue weighted by Crippen LogP contribution is 2.26. The lowest BCUT2D eigenvalue weighted by Gasteiger charge is -2.11. The Bertz CT molecular complexity index is 436. The zero-order valence-corrected chi connectivity index (χ0v) is 10.5. The van der Waals surface area contributed by atoms with E-state index in [0.717, 1.165) is 0 Å². The Morgan fingerprint density at radius 3 is 2.67 bits per heavy atom. The van der Waals surface area contributed by atoms with Crippen LogP contribution in [0.2, 0.25) is 0 Å². The number of rotatable bonds is 5. The van der Waals surface area contributed by atoms with Crippen molar-refractivity contribution in [3.8, 4) is 5.88 Å². The lowest BCUT2D eigenvalue weighted by Crippen LogP contribution is -2.11. The first kappa shape index (κ1) is 14.3. The van der Waals surface area contributed by atoms with Gasteiger partial charge in [-0.15, -0.1) is 0 Å². The predicted molar refractivity (Wildman–Crippen MR) is 60.8 cm³/mol. The van der Waals surface area contributed by atoms with E-state index in [4.69, 9.17) is 9.47 Å². The summed E-state index contributed by atoms with van der Waals surface area (Å²) in [6.45, 7) is 3.55. The third-order valence-corrected chi connectivity index (χ3v) is 2.32. The molecule has 0 aromatic carbocycles. The first-order valence-electron chi connectivity index (χ1n) is 5.47. The van der Waals surface area contributed by atoms with Gasteiger partial charge in [0.1, 0.15) is 5.69 Å². The van der Waals surface area contributed by atoms with Gasteiger partial charge in [-0.25, -0.2) is 13.8 Å². The van der Waals surface area contributed by atoms with Gasteiger partial charge in [-0.2, -0.15) is 0 Å². The number of alkyl halides is 2. The smallest absolute Gasteiger partial charge is 0.310 e. The molecule has 0 spiro atoms. The molecular weight excluding hydrogens is 244 g/mol. The van der Waals surface area contributed by atoms with E-state index in [-0.39, 0.29) is 24.5 Å². The van der Waals surface area contributed by atoms with Crippen LogP contribution in [-0.2, 0) is 16.0 Å². The number of carbonyl (C=O) groups is 1. The number of aromatic nitrogens is 1. The SMILES string of the molecule is CCOC(=O)Cc1cc(C)c(OC)nc1C(F)F. The van der Waals surface area contributed by atoms with Crippen LogP contribution in [-0.4, -0.2) is 24.7 Å². The van der Waals surface area contributed by atoms with E-state index in [1.807, 2.05) is 0 Å². The van der Waals surface area contributed by atoms with E-state index in [9.17, 15) is 13.6 Å². The lowest BCUT2D eigenvalue weighted by molar-refractivity contribution is -0.142. The first-order valence-corrected chi connectivity index (χ1v) is 5.47. The minimum absolute atomic E-state index is 0.137. The monoisotopic (exact) mass is 259 g/mol. The summed E-state index contributed by atoms with van der Waals surface area (Å²) in [6.07, 6.45) is -2.98. The van der Waals surface area contributed by atoms with E-state index >= 15 is 0 Å². The molecule has 1 aromatic heterocycles. The highest BCUT2D eigenvalue weighted by Gasteiger charge is 2.20. The molecule has 0 aliphatic carbocycles. The molecule has 1 heterocycles. The van der Waals surface area contributed by atoms with E-state index in [1.54, 1.807) is 13.8 Å². The van der Waals surface area contributed by atoms with Gasteiger partial charge in [0.25, 0.3) is 6.43 Å². The van der Waals surface area contributed by atoms with Gasteiger partial charge >= 0.3 is 5.97 Å². The van der Waals surface area contributed by atoms with E-state index in [1.165, 1.54) is 13.2 Å². The molecule has 0 bridgehead atoms.